The smallest absolute Gasteiger partial charge is 0.339 e. The molecule has 1 unspecified atom stereocenters. The Morgan fingerprint density at radius 2 is 1.67 bits per heavy atom. The van der Waals surface area contributed by atoms with Crippen molar-refractivity contribution in [3.05, 3.63) is 68.7 Å². The van der Waals surface area contributed by atoms with Gasteiger partial charge < -0.3 is 4.74 Å². The zero-order valence-electron chi connectivity index (χ0n) is 14.2. The number of sulfone groups is 1. The van der Waals surface area contributed by atoms with Crippen molar-refractivity contribution in [3.63, 3.8) is 0 Å². The monoisotopic (exact) mass is 411 g/mol. The molecule has 0 bridgehead atoms. The van der Waals surface area contributed by atoms with Crippen molar-refractivity contribution in [1.82, 2.24) is 0 Å². The summed E-state index contributed by atoms with van der Waals surface area (Å²) < 4.78 is 28.3. The second-order valence-electron chi connectivity index (χ2n) is 5.63. The second kappa shape index (κ2) is 7.85. The van der Waals surface area contributed by atoms with E-state index in [0.29, 0.717) is 5.02 Å². The largest absolute Gasteiger partial charge is 0.451 e. The van der Waals surface area contributed by atoms with Crippen LogP contribution in [-0.4, -0.2) is 37.5 Å². The Hall–Kier alpha value is -2.78. The van der Waals surface area contributed by atoms with Gasteiger partial charge in [-0.1, -0.05) is 11.6 Å². The second-order valence-corrected chi connectivity index (χ2v) is 8.05. The number of benzene rings is 2. The molecule has 0 fully saturated rings. The molecule has 0 amide bonds. The lowest BCUT2D eigenvalue weighted by Gasteiger charge is -2.12. The van der Waals surface area contributed by atoms with Gasteiger partial charge >= 0.3 is 5.97 Å². The summed E-state index contributed by atoms with van der Waals surface area (Å²) >= 11 is 5.75. The highest BCUT2D eigenvalue weighted by atomic mass is 35.5. The topological polar surface area (TPSA) is 121 Å². The van der Waals surface area contributed by atoms with Crippen LogP contribution in [-0.2, 0) is 14.6 Å². The van der Waals surface area contributed by atoms with E-state index in [1.54, 1.807) is 0 Å². The Kier molecular flexibility index (Phi) is 5.97. The van der Waals surface area contributed by atoms with Gasteiger partial charge in [0.1, 0.15) is 4.90 Å². The first-order chi connectivity index (χ1) is 12.5. The molecule has 10 heteroatoms. The number of ether oxygens (including phenoxy) is 1. The first-order valence-corrected chi connectivity index (χ1v) is 9.77. The van der Waals surface area contributed by atoms with E-state index in [9.17, 15) is 28.1 Å². The summed E-state index contributed by atoms with van der Waals surface area (Å²) in [5.74, 6) is -1.48. The number of halogens is 1. The normalized spacial score (nSPS) is 12.3. The summed E-state index contributed by atoms with van der Waals surface area (Å²) in [7, 11) is -3.86. The van der Waals surface area contributed by atoms with E-state index in [-0.39, 0.29) is 11.1 Å². The van der Waals surface area contributed by atoms with E-state index in [1.165, 1.54) is 31.2 Å². The van der Waals surface area contributed by atoms with Gasteiger partial charge in [-0.2, -0.15) is 0 Å². The van der Waals surface area contributed by atoms with Gasteiger partial charge in [0.05, 0.1) is 10.5 Å². The van der Waals surface area contributed by atoms with Crippen LogP contribution in [0.15, 0.2) is 47.4 Å². The van der Waals surface area contributed by atoms with Crippen molar-refractivity contribution >= 4 is 38.9 Å². The summed E-state index contributed by atoms with van der Waals surface area (Å²) in [6, 6.07) is 8.81. The number of carbonyl (C=O) groups is 2. The van der Waals surface area contributed by atoms with Gasteiger partial charge in [0.2, 0.25) is 5.78 Å². The van der Waals surface area contributed by atoms with Gasteiger partial charge in [-0.3, -0.25) is 14.9 Å². The number of hydrogen-bond donors (Lipinski definition) is 0. The third-order valence-electron chi connectivity index (χ3n) is 3.57. The van der Waals surface area contributed by atoms with Gasteiger partial charge in [0.15, 0.2) is 15.9 Å². The molecule has 2 rings (SSSR count). The lowest BCUT2D eigenvalue weighted by atomic mass is 10.1. The predicted octanol–water partition coefficient (Wildman–Crippen LogP) is 3.08. The number of nitrogens with zero attached hydrogens (tertiary/aromatic N) is 1. The number of esters is 1. The Labute approximate surface area is 159 Å². The van der Waals surface area contributed by atoms with Crippen LogP contribution in [0.25, 0.3) is 0 Å². The Morgan fingerprint density at radius 1 is 1.11 bits per heavy atom. The van der Waals surface area contributed by atoms with E-state index in [2.05, 4.69) is 0 Å². The van der Waals surface area contributed by atoms with E-state index in [1.807, 2.05) is 0 Å². The van der Waals surface area contributed by atoms with Gasteiger partial charge in [0.25, 0.3) is 5.69 Å². The number of carbonyl (C=O) groups excluding carboxylic acids is 2. The predicted molar refractivity (Wildman–Crippen MR) is 96.9 cm³/mol. The van der Waals surface area contributed by atoms with Crippen molar-refractivity contribution in [2.75, 3.05) is 6.26 Å². The molecule has 0 saturated heterocycles. The fourth-order valence-electron chi connectivity index (χ4n) is 2.23. The van der Waals surface area contributed by atoms with Gasteiger partial charge in [-0.25, -0.2) is 13.2 Å². The number of rotatable bonds is 6. The van der Waals surface area contributed by atoms with Crippen molar-refractivity contribution in [3.8, 4) is 0 Å². The molecule has 0 aliphatic heterocycles. The van der Waals surface area contributed by atoms with Crippen LogP contribution in [0, 0.1) is 10.1 Å². The van der Waals surface area contributed by atoms with E-state index in [4.69, 9.17) is 16.3 Å². The molecule has 0 spiro atoms. The highest BCUT2D eigenvalue weighted by Crippen LogP contribution is 2.25. The van der Waals surface area contributed by atoms with Crippen molar-refractivity contribution in [2.45, 2.75) is 17.9 Å². The highest BCUT2D eigenvalue weighted by molar-refractivity contribution is 7.90. The average molecular weight is 412 g/mol. The van der Waals surface area contributed by atoms with E-state index in [0.717, 1.165) is 24.5 Å². The number of ketones is 1. The molecule has 8 nitrogen and oxygen atoms in total. The Bertz CT molecular complexity index is 1020. The summed E-state index contributed by atoms with van der Waals surface area (Å²) in [6.45, 7) is 1.36. The molecule has 0 radical (unpaired) electrons. The van der Waals surface area contributed by atoms with Crippen molar-refractivity contribution in [1.29, 1.82) is 0 Å². The first-order valence-electron chi connectivity index (χ1n) is 7.50. The third-order valence-corrected chi connectivity index (χ3v) is 4.97. The average Bonchev–Trinajstić information content (AvgIpc) is 2.60. The van der Waals surface area contributed by atoms with E-state index >= 15 is 0 Å². The molecule has 0 aliphatic rings. The van der Waals surface area contributed by atoms with Crippen LogP contribution in [0.5, 0.6) is 0 Å². The molecular weight excluding hydrogens is 398 g/mol. The van der Waals surface area contributed by atoms with Crippen LogP contribution >= 0.6 is 11.6 Å². The van der Waals surface area contributed by atoms with Crippen LogP contribution < -0.4 is 0 Å². The van der Waals surface area contributed by atoms with Gasteiger partial charge in [0, 0.05) is 22.9 Å². The maximum atomic E-state index is 12.3. The standard InChI is InChI=1S/C17H14ClNO7S/c1-10(16(20)11-3-6-13(18)7-4-11)26-17(21)12-5-8-15(27(2,24)25)14(9-12)19(22)23/h3-10H,1-2H3. The minimum Gasteiger partial charge on any atom is -0.451 e. The van der Waals surface area contributed by atoms with Crippen LogP contribution in [0.3, 0.4) is 0 Å². The molecule has 27 heavy (non-hydrogen) atoms. The van der Waals surface area contributed by atoms with Crippen LogP contribution in [0.1, 0.15) is 27.6 Å². The summed E-state index contributed by atoms with van der Waals surface area (Å²) in [4.78, 5) is 34.2. The Balaban J connectivity index is 2.25. The molecule has 0 heterocycles. The summed E-state index contributed by atoms with van der Waals surface area (Å²) in [5, 5.41) is 11.5. The minimum absolute atomic E-state index is 0.246. The van der Waals surface area contributed by atoms with Crippen molar-refractivity contribution < 1.29 is 27.7 Å². The molecule has 142 valence electrons. The molecule has 2 aromatic carbocycles. The van der Waals surface area contributed by atoms with Crippen molar-refractivity contribution in [2.24, 2.45) is 0 Å². The quantitative estimate of drug-likeness (QED) is 0.310. The van der Waals surface area contributed by atoms with Crippen LogP contribution in [0.2, 0.25) is 5.02 Å². The fraction of sp³-hybridized carbons (Fsp3) is 0.176. The Morgan fingerprint density at radius 3 is 2.19 bits per heavy atom. The lowest BCUT2D eigenvalue weighted by molar-refractivity contribution is -0.387. The molecule has 1 atom stereocenters. The third kappa shape index (κ3) is 4.89. The SMILES string of the molecule is CC(OC(=O)c1ccc(S(C)(=O)=O)c([N+](=O)[O-])c1)C(=O)c1ccc(Cl)cc1. The maximum Gasteiger partial charge on any atom is 0.339 e. The number of Topliss-reactive ketones (excluding diaryl/α,β-unsaturated/α-hetero) is 1. The zero-order valence-corrected chi connectivity index (χ0v) is 15.8. The minimum atomic E-state index is -3.86. The number of hydrogen-bond acceptors (Lipinski definition) is 7. The lowest BCUT2D eigenvalue weighted by Crippen LogP contribution is -2.24. The fourth-order valence-corrected chi connectivity index (χ4v) is 3.19. The summed E-state index contributed by atoms with van der Waals surface area (Å²) in [5.41, 5.74) is -0.716. The van der Waals surface area contributed by atoms with Gasteiger partial charge in [-0.15, -0.1) is 0 Å². The first kappa shape index (κ1) is 20.5. The zero-order chi connectivity index (χ0) is 20.4. The molecule has 0 aliphatic carbocycles. The molecule has 2 aromatic rings. The van der Waals surface area contributed by atoms with Crippen LogP contribution in [0.4, 0.5) is 5.69 Å². The highest BCUT2D eigenvalue weighted by Gasteiger charge is 2.26. The number of nitro benzene ring substituents is 1. The molecule has 0 aromatic heterocycles. The van der Waals surface area contributed by atoms with E-state index < -0.39 is 43.2 Å². The molecule has 0 N–H and O–H groups in total. The number of nitro groups is 1. The maximum absolute atomic E-state index is 12.3. The van der Waals surface area contributed by atoms with Gasteiger partial charge in [-0.05, 0) is 43.3 Å². The summed E-state index contributed by atoms with van der Waals surface area (Å²) in [6.07, 6.45) is -0.340. The molecule has 0 saturated carbocycles. The molecular formula is C17H14ClNO7S.